The number of carbonyl (C=O) groups is 2. The number of carbonyl (C=O) groups excluding carboxylic acids is 2. The molecule has 0 aliphatic carbocycles. The second-order valence-electron chi connectivity index (χ2n) is 5.33. The zero-order chi connectivity index (χ0) is 21.9. The molecule has 0 bridgehead atoms. The third-order valence-electron chi connectivity index (χ3n) is 3.38. The Morgan fingerprint density at radius 1 is 1.10 bits per heavy atom. The van der Waals surface area contributed by atoms with Gasteiger partial charge in [-0.05, 0) is 24.3 Å². The van der Waals surface area contributed by atoms with Crippen LogP contribution in [0.2, 0.25) is 15.1 Å². The monoisotopic (exact) mass is 470 g/mol. The molecule has 0 aliphatic rings. The molecular weight excluding hydrogens is 464 g/mol. The maximum atomic E-state index is 12.7. The van der Waals surface area contributed by atoms with Crippen LogP contribution in [0.15, 0.2) is 30.3 Å². The average Bonchev–Trinajstić information content (AvgIpc) is 2.62. The Hall–Kier alpha value is -2.56. The van der Waals surface area contributed by atoms with Gasteiger partial charge in [-0.2, -0.15) is 13.2 Å². The third kappa shape index (κ3) is 5.49. The van der Waals surface area contributed by atoms with Crippen molar-refractivity contribution in [3.05, 3.63) is 66.6 Å². The van der Waals surface area contributed by atoms with Gasteiger partial charge in [0.15, 0.2) is 6.61 Å². The number of nitro benzene ring substituents is 1. The van der Waals surface area contributed by atoms with Crippen LogP contribution in [-0.4, -0.2) is 23.4 Å². The van der Waals surface area contributed by atoms with Gasteiger partial charge in [-0.25, -0.2) is 4.79 Å². The molecule has 0 radical (unpaired) electrons. The molecule has 2 aromatic carbocycles. The van der Waals surface area contributed by atoms with Gasteiger partial charge in [0.25, 0.3) is 11.6 Å². The van der Waals surface area contributed by atoms with Crippen LogP contribution in [-0.2, 0) is 15.7 Å². The zero-order valence-electron chi connectivity index (χ0n) is 13.9. The Kier molecular flexibility index (Phi) is 6.93. The summed E-state index contributed by atoms with van der Waals surface area (Å²) in [6.45, 7) is -0.920. The van der Waals surface area contributed by atoms with Crippen molar-refractivity contribution in [1.29, 1.82) is 0 Å². The lowest BCUT2D eigenvalue weighted by molar-refractivity contribution is -0.384. The molecular formula is C16H8Cl3F3N2O5. The summed E-state index contributed by atoms with van der Waals surface area (Å²) in [7, 11) is 0. The molecule has 0 heterocycles. The number of halogens is 6. The topological polar surface area (TPSA) is 98.5 Å². The highest BCUT2D eigenvalue weighted by Crippen LogP contribution is 2.35. The van der Waals surface area contributed by atoms with Crippen molar-refractivity contribution in [2.75, 3.05) is 11.9 Å². The molecule has 29 heavy (non-hydrogen) atoms. The number of ether oxygens (including phenoxy) is 1. The SMILES string of the molecule is O=C(COC(=O)c1c(Cl)ccc(Cl)c1Cl)Nc1ccc(C(F)(F)F)cc1[N+](=O)[O-]. The summed E-state index contributed by atoms with van der Waals surface area (Å²) >= 11 is 17.5. The molecule has 13 heteroatoms. The van der Waals surface area contributed by atoms with Crippen LogP contribution in [0.4, 0.5) is 24.5 Å². The summed E-state index contributed by atoms with van der Waals surface area (Å²) in [6, 6.07) is 4.15. The van der Waals surface area contributed by atoms with Crippen molar-refractivity contribution in [3.63, 3.8) is 0 Å². The van der Waals surface area contributed by atoms with Crippen LogP contribution in [0.1, 0.15) is 15.9 Å². The third-order valence-corrected chi connectivity index (χ3v) is 4.50. The summed E-state index contributed by atoms with van der Waals surface area (Å²) in [5.74, 6) is -2.14. The summed E-state index contributed by atoms with van der Waals surface area (Å²) in [5.41, 5.74) is -3.06. The molecule has 2 aromatic rings. The highest BCUT2D eigenvalue weighted by atomic mass is 35.5. The van der Waals surface area contributed by atoms with Gasteiger partial charge >= 0.3 is 12.1 Å². The number of anilines is 1. The number of alkyl halides is 3. The molecule has 0 saturated carbocycles. The van der Waals surface area contributed by atoms with Crippen molar-refractivity contribution >= 4 is 58.1 Å². The van der Waals surface area contributed by atoms with Crippen molar-refractivity contribution in [3.8, 4) is 0 Å². The maximum absolute atomic E-state index is 12.7. The number of nitrogens with zero attached hydrogens (tertiary/aromatic N) is 1. The molecule has 0 unspecified atom stereocenters. The maximum Gasteiger partial charge on any atom is 0.416 e. The predicted octanol–water partition coefficient (Wildman–Crippen LogP) is 5.37. The van der Waals surface area contributed by atoms with Crippen LogP contribution < -0.4 is 5.32 Å². The van der Waals surface area contributed by atoms with E-state index in [0.717, 1.165) is 0 Å². The smallest absolute Gasteiger partial charge is 0.416 e. The van der Waals surface area contributed by atoms with Crippen molar-refractivity contribution in [2.45, 2.75) is 6.18 Å². The minimum Gasteiger partial charge on any atom is -0.452 e. The molecule has 0 spiro atoms. The molecule has 7 nitrogen and oxygen atoms in total. The molecule has 0 fully saturated rings. The van der Waals surface area contributed by atoms with Crippen molar-refractivity contribution in [1.82, 2.24) is 0 Å². The van der Waals surface area contributed by atoms with Gasteiger partial charge < -0.3 is 10.1 Å². The van der Waals surface area contributed by atoms with E-state index >= 15 is 0 Å². The van der Waals surface area contributed by atoms with Gasteiger partial charge in [0.1, 0.15) is 5.69 Å². The Balaban J connectivity index is 2.13. The zero-order valence-corrected chi connectivity index (χ0v) is 16.1. The molecule has 154 valence electrons. The number of amides is 1. The Morgan fingerprint density at radius 3 is 2.31 bits per heavy atom. The predicted molar refractivity (Wildman–Crippen MR) is 98.5 cm³/mol. The number of nitrogens with one attached hydrogen (secondary N) is 1. The Morgan fingerprint density at radius 2 is 1.72 bits per heavy atom. The number of hydrogen-bond donors (Lipinski definition) is 1. The Labute approximate surface area is 175 Å². The van der Waals surface area contributed by atoms with Crippen LogP contribution in [0.25, 0.3) is 0 Å². The standard InChI is InChI=1S/C16H8Cl3F3N2O5/c17-8-2-3-9(18)14(19)13(8)15(26)29-6-12(25)23-10-4-1-7(16(20,21)22)5-11(10)24(27)28/h1-5H,6H2,(H,23,25). The first-order chi connectivity index (χ1) is 13.4. The van der Waals surface area contributed by atoms with Gasteiger partial charge in [-0.1, -0.05) is 34.8 Å². The minimum absolute atomic E-state index is 0.00727. The van der Waals surface area contributed by atoms with E-state index in [1.54, 1.807) is 0 Å². The molecule has 0 atom stereocenters. The number of hydrogen-bond acceptors (Lipinski definition) is 5. The fourth-order valence-corrected chi connectivity index (χ4v) is 2.75. The largest absolute Gasteiger partial charge is 0.452 e. The van der Waals surface area contributed by atoms with Crippen LogP contribution in [0.5, 0.6) is 0 Å². The number of nitro groups is 1. The lowest BCUT2D eigenvalue weighted by atomic mass is 10.1. The number of rotatable bonds is 5. The average molecular weight is 472 g/mol. The normalized spacial score (nSPS) is 11.1. The molecule has 2 rings (SSSR count). The summed E-state index contributed by atoms with van der Waals surface area (Å²) in [5, 5.41) is 12.7. The molecule has 0 saturated heterocycles. The van der Waals surface area contributed by atoms with Crippen LogP contribution in [0.3, 0.4) is 0 Å². The van der Waals surface area contributed by atoms with Crippen LogP contribution >= 0.6 is 34.8 Å². The van der Waals surface area contributed by atoms with Gasteiger partial charge in [0.2, 0.25) is 0 Å². The fraction of sp³-hybridized carbons (Fsp3) is 0.125. The van der Waals surface area contributed by atoms with Crippen molar-refractivity contribution < 1.29 is 32.4 Å². The minimum atomic E-state index is -4.81. The van der Waals surface area contributed by atoms with E-state index in [1.165, 1.54) is 12.1 Å². The van der Waals surface area contributed by atoms with Gasteiger partial charge in [-0.3, -0.25) is 14.9 Å². The van der Waals surface area contributed by atoms with Crippen LogP contribution in [0, 0.1) is 10.1 Å². The van der Waals surface area contributed by atoms with E-state index in [0.29, 0.717) is 12.1 Å². The first-order valence-corrected chi connectivity index (χ1v) is 8.51. The van der Waals surface area contributed by atoms with E-state index in [2.05, 4.69) is 0 Å². The van der Waals surface area contributed by atoms with Crippen molar-refractivity contribution in [2.24, 2.45) is 0 Å². The highest BCUT2D eigenvalue weighted by Gasteiger charge is 2.33. The van der Waals surface area contributed by atoms with Gasteiger partial charge in [0.05, 0.1) is 31.1 Å². The molecule has 1 N–H and O–H groups in total. The molecule has 0 aliphatic heterocycles. The van der Waals surface area contributed by atoms with Gasteiger partial charge in [0, 0.05) is 6.07 Å². The second-order valence-corrected chi connectivity index (χ2v) is 6.52. The van der Waals surface area contributed by atoms with E-state index < -0.39 is 46.5 Å². The lowest BCUT2D eigenvalue weighted by Gasteiger charge is -2.11. The number of benzene rings is 2. The van der Waals surface area contributed by atoms with E-state index in [4.69, 9.17) is 39.5 Å². The first-order valence-electron chi connectivity index (χ1n) is 7.38. The fourth-order valence-electron chi connectivity index (χ4n) is 2.07. The summed E-state index contributed by atoms with van der Waals surface area (Å²) < 4.78 is 42.8. The van der Waals surface area contributed by atoms with E-state index in [-0.39, 0.29) is 26.7 Å². The highest BCUT2D eigenvalue weighted by molar-refractivity contribution is 6.46. The van der Waals surface area contributed by atoms with E-state index in [9.17, 15) is 32.9 Å². The van der Waals surface area contributed by atoms with E-state index in [1.807, 2.05) is 5.32 Å². The quantitative estimate of drug-likeness (QED) is 0.274. The number of esters is 1. The summed E-state index contributed by atoms with van der Waals surface area (Å²) in [4.78, 5) is 33.9. The second kappa shape index (κ2) is 8.85. The summed E-state index contributed by atoms with van der Waals surface area (Å²) in [6.07, 6.45) is -4.81. The lowest BCUT2D eigenvalue weighted by Crippen LogP contribution is -2.22. The molecule has 1 amide bonds. The molecule has 0 aromatic heterocycles. The first kappa shape index (κ1) is 22.7. The Bertz CT molecular complexity index is 998. The van der Waals surface area contributed by atoms with Gasteiger partial charge in [-0.15, -0.1) is 0 Å².